The summed E-state index contributed by atoms with van der Waals surface area (Å²) >= 11 is 5.80. The van der Waals surface area contributed by atoms with Crippen LogP contribution < -0.4 is 4.90 Å². The van der Waals surface area contributed by atoms with Crippen molar-refractivity contribution in [1.82, 2.24) is 0 Å². The van der Waals surface area contributed by atoms with Gasteiger partial charge in [-0.15, -0.1) is 11.6 Å². The lowest BCUT2D eigenvalue weighted by Crippen LogP contribution is -2.39. The Labute approximate surface area is 119 Å². The van der Waals surface area contributed by atoms with Crippen molar-refractivity contribution in [3.8, 4) is 0 Å². The van der Waals surface area contributed by atoms with Crippen molar-refractivity contribution in [3.05, 3.63) is 33.9 Å². The van der Waals surface area contributed by atoms with E-state index in [0.29, 0.717) is 11.6 Å². The molecule has 0 aliphatic rings. The number of hydrogen-bond donors (Lipinski definition) is 0. The van der Waals surface area contributed by atoms with E-state index in [1.54, 1.807) is 12.1 Å². The topological polar surface area (TPSA) is 46.4 Å². The largest absolute Gasteiger partial charge is 0.371 e. The molecule has 0 N–H and O–H groups in total. The molecule has 1 aromatic carbocycles. The number of nitro groups is 1. The maximum atomic E-state index is 10.9. The van der Waals surface area contributed by atoms with Gasteiger partial charge in [-0.3, -0.25) is 10.1 Å². The standard InChI is InChI=1S/C14H21ClN2O2/c1-10(14(2,3)4)16(5)12-6-7-13(17(18)19)11(8-12)9-15/h6-8,10H,9H2,1-5H3. The highest BCUT2D eigenvalue weighted by molar-refractivity contribution is 6.17. The van der Waals surface area contributed by atoms with Crippen molar-refractivity contribution in [2.45, 2.75) is 39.6 Å². The third kappa shape index (κ3) is 3.60. The summed E-state index contributed by atoms with van der Waals surface area (Å²) in [6, 6.07) is 5.40. The SMILES string of the molecule is CC(N(C)c1ccc([N+](=O)[O-])c(CCl)c1)C(C)(C)C. The second-order valence-electron chi connectivity index (χ2n) is 5.86. The monoisotopic (exact) mass is 284 g/mol. The summed E-state index contributed by atoms with van der Waals surface area (Å²) in [5.41, 5.74) is 1.70. The van der Waals surface area contributed by atoms with Gasteiger partial charge in [0.15, 0.2) is 0 Å². The third-order valence-corrected chi connectivity index (χ3v) is 3.93. The van der Waals surface area contributed by atoms with Crippen LogP contribution in [0.3, 0.4) is 0 Å². The van der Waals surface area contributed by atoms with Crippen LogP contribution in [0.2, 0.25) is 0 Å². The number of anilines is 1. The number of nitro benzene ring substituents is 1. The average molecular weight is 285 g/mol. The summed E-state index contributed by atoms with van der Waals surface area (Å²) in [6.45, 7) is 8.65. The second kappa shape index (κ2) is 5.78. The summed E-state index contributed by atoms with van der Waals surface area (Å²) in [5, 5.41) is 10.9. The number of rotatable bonds is 4. The molecule has 19 heavy (non-hydrogen) atoms. The number of benzene rings is 1. The maximum Gasteiger partial charge on any atom is 0.273 e. The predicted molar refractivity (Wildman–Crippen MR) is 80.0 cm³/mol. The molecule has 1 atom stereocenters. The van der Waals surface area contributed by atoms with E-state index < -0.39 is 4.92 Å². The van der Waals surface area contributed by atoms with Gasteiger partial charge in [0.25, 0.3) is 5.69 Å². The van der Waals surface area contributed by atoms with Crippen molar-refractivity contribution in [1.29, 1.82) is 0 Å². The van der Waals surface area contributed by atoms with Crippen molar-refractivity contribution < 1.29 is 4.92 Å². The molecule has 0 aromatic heterocycles. The van der Waals surface area contributed by atoms with Gasteiger partial charge in [-0.05, 0) is 24.5 Å². The lowest BCUT2D eigenvalue weighted by molar-refractivity contribution is -0.385. The van der Waals surface area contributed by atoms with Gasteiger partial charge < -0.3 is 4.90 Å². The van der Waals surface area contributed by atoms with E-state index in [-0.39, 0.29) is 17.0 Å². The zero-order valence-electron chi connectivity index (χ0n) is 12.1. The number of hydrogen-bond acceptors (Lipinski definition) is 3. The van der Waals surface area contributed by atoms with Crippen LogP contribution in [0.4, 0.5) is 11.4 Å². The first-order chi connectivity index (χ1) is 8.68. The molecule has 0 aliphatic heterocycles. The molecule has 0 heterocycles. The van der Waals surface area contributed by atoms with Crippen molar-refractivity contribution in [3.63, 3.8) is 0 Å². The predicted octanol–water partition coefficient (Wildman–Crippen LogP) is 4.20. The first-order valence-electron chi connectivity index (χ1n) is 6.24. The highest BCUT2D eigenvalue weighted by Gasteiger charge is 2.25. The fourth-order valence-corrected chi connectivity index (χ4v) is 2.10. The third-order valence-electron chi connectivity index (χ3n) is 3.65. The van der Waals surface area contributed by atoms with Gasteiger partial charge in [0.2, 0.25) is 0 Å². The molecule has 0 fully saturated rings. The van der Waals surface area contributed by atoms with Gasteiger partial charge in [0, 0.05) is 30.4 Å². The minimum atomic E-state index is -0.394. The molecule has 0 saturated heterocycles. The Kier molecular flexibility index (Phi) is 4.80. The number of nitrogens with zero attached hydrogens (tertiary/aromatic N) is 2. The number of halogens is 1. The Bertz CT molecular complexity index is 469. The molecule has 4 nitrogen and oxygen atoms in total. The quantitative estimate of drug-likeness (QED) is 0.473. The van der Waals surface area contributed by atoms with Gasteiger partial charge in [0.05, 0.1) is 10.8 Å². The summed E-state index contributed by atoms with van der Waals surface area (Å²) < 4.78 is 0. The van der Waals surface area contributed by atoms with Crippen LogP contribution in [0.15, 0.2) is 18.2 Å². The van der Waals surface area contributed by atoms with E-state index in [4.69, 9.17) is 11.6 Å². The lowest BCUT2D eigenvalue weighted by Gasteiger charge is -2.37. The molecule has 0 saturated carbocycles. The van der Waals surface area contributed by atoms with Crippen LogP contribution in [-0.4, -0.2) is 18.0 Å². The first kappa shape index (κ1) is 15.8. The van der Waals surface area contributed by atoms with E-state index >= 15 is 0 Å². The fraction of sp³-hybridized carbons (Fsp3) is 0.571. The Morgan fingerprint density at radius 1 is 1.42 bits per heavy atom. The van der Waals surface area contributed by atoms with Crippen LogP contribution in [-0.2, 0) is 5.88 Å². The summed E-state index contributed by atoms with van der Waals surface area (Å²) in [4.78, 5) is 12.6. The van der Waals surface area contributed by atoms with E-state index in [1.807, 2.05) is 7.05 Å². The van der Waals surface area contributed by atoms with Crippen molar-refractivity contribution in [2.75, 3.05) is 11.9 Å². The van der Waals surface area contributed by atoms with Crippen LogP contribution in [0.1, 0.15) is 33.3 Å². The Morgan fingerprint density at radius 3 is 2.42 bits per heavy atom. The summed E-state index contributed by atoms with van der Waals surface area (Å²) in [6.07, 6.45) is 0. The minimum Gasteiger partial charge on any atom is -0.371 e. The molecule has 0 aliphatic carbocycles. The van der Waals surface area contributed by atoms with Crippen molar-refractivity contribution in [2.24, 2.45) is 5.41 Å². The molecule has 5 heteroatoms. The normalized spacial score (nSPS) is 13.2. The van der Waals surface area contributed by atoms with Crippen LogP contribution in [0.5, 0.6) is 0 Å². The Balaban J connectivity index is 3.12. The van der Waals surface area contributed by atoms with Gasteiger partial charge >= 0.3 is 0 Å². The molecule has 106 valence electrons. The van der Waals surface area contributed by atoms with E-state index in [2.05, 4.69) is 32.6 Å². The molecular weight excluding hydrogens is 264 g/mol. The molecule has 0 bridgehead atoms. The van der Waals surface area contributed by atoms with Gasteiger partial charge in [-0.2, -0.15) is 0 Å². The molecule has 1 aromatic rings. The average Bonchev–Trinajstić information content (AvgIpc) is 2.34. The van der Waals surface area contributed by atoms with Crippen LogP contribution in [0, 0.1) is 15.5 Å². The molecular formula is C14H21ClN2O2. The molecule has 1 rings (SSSR count). The highest BCUT2D eigenvalue weighted by Crippen LogP contribution is 2.30. The molecule has 1 unspecified atom stereocenters. The van der Waals surface area contributed by atoms with Gasteiger partial charge in [0.1, 0.15) is 0 Å². The molecule has 0 radical (unpaired) electrons. The van der Waals surface area contributed by atoms with E-state index in [0.717, 1.165) is 5.69 Å². The Hall–Kier alpha value is -1.29. The number of alkyl halides is 1. The van der Waals surface area contributed by atoms with Gasteiger partial charge in [-0.25, -0.2) is 0 Å². The van der Waals surface area contributed by atoms with Gasteiger partial charge in [-0.1, -0.05) is 20.8 Å². The molecule has 0 spiro atoms. The minimum absolute atomic E-state index is 0.0792. The zero-order chi connectivity index (χ0) is 14.8. The lowest BCUT2D eigenvalue weighted by atomic mass is 9.87. The first-order valence-corrected chi connectivity index (χ1v) is 6.78. The van der Waals surface area contributed by atoms with Crippen molar-refractivity contribution >= 4 is 23.0 Å². The van der Waals surface area contributed by atoms with E-state index in [9.17, 15) is 10.1 Å². The smallest absolute Gasteiger partial charge is 0.273 e. The summed E-state index contributed by atoms with van der Waals surface area (Å²) in [7, 11) is 2.00. The fourth-order valence-electron chi connectivity index (χ4n) is 1.88. The Morgan fingerprint density at radius 2 is 2.00 bits per heavy atom. The van der Waals surface area contributed by atoms with Crippen LogP contribution in [0.25, 0.3) is 0 Å². The molecule has 0 amide bonds. The van der Waals surface area contributed by atoms with Crippen LogP contribution >= 0.6 is 11.6 Å². The summed E-state index contributed by atoms with van der Waals surface area (Å²) in [5.74, 6) is 0.141. The highest BCUT2D eigenvalue weighted by atomic mass is 35.5. The zero-order valence-corrected chi connectivity index (χ0v) is 12.9. The maximum absolute atomic E-state index is 10.9. The van der Waals surface area contributed by atoms with E-state index in [1.165, 1.54) is 6.07 Å². The second-order valence-corrected chi connectivity index (χ2v) is 6.12.